The van der Waals surface area contributed by atoms with Crippen molar-refractivity contribution in [2.24, 2.45) is 0 Å². The van der Waals surface area contributed by atoms with Crippen molar-refractivity contribution in [2.45, 2.75) is 20.8 Å². The maximum atomic E-state index is 13.6. The molecule has 1 N–H and O–H groups in total. The monoisotopic (exact) mass is 442 g/mol. The number of amides is 2. The molecule has 1 aliphatic heterocycles. The third-order valence-electron chi connectivity index (χ3n) is 5.36. The fourth-order valence-electron chi connectivity index (χ4n) is 3.93. The Morgan fingerprint density at radius 3 is 2.00 bits per heavy atom. The number of methoxy groups -OCH3 is 1. The SMILES string of the molecule is CCOc1ccc(C2=C(Nc3ccc(OC)cc3)C(=O)N(c3cc(C)cc(C)c3)C2=O)cc1. The van der Waals surface area contributed by atoms with Gasteiger partial charge in [-0.15, -0.1) is 0 Å². The maximum absolute atomic E-state index is 13.6. The largest absolute Gasteiger partial charge is 0.497 e. The van der Waals surface area contributed by atoms with Crippen LogP contribution >= 0.6 is 0 Å². The molecule has 0 aromatic heterocycles. The number of benzene rings is 3. The van der Waals surface area contributed by atoms with Gasteiger partial charge in [0.15, 0.2) is 0 Å². The van der Waals surface area contributed by atoms with E-state index in [2.05, 4.69) is 5.32 Å². The lowest BCUT2D eigenvalue weighted by Crippen LogP contribution is -2.32. The molecule has 0 saturated carbocycles. The Labute approximate surface area is 193 Å². The van der Waals surface area contributed by atoms with Crippen molar-refractivity contribution in [1.82, 2.24) is 0 Å². The molecule has 6 heteroatoms. The number of carbonyl (C=O) groups excluding carboxylic acids is 2. The van der Waals surface area contributed by atoms with Crippen LogP contribution in [0, 0.1) is 13.8 Å². The van der Waals surface area contributed by atoms with Crippen LogP contribution < -0.4 is 19.7 Å². The number of carbonyl (C=O) groups is 2. The van der Waals surface area contributed by atoms with Crippen molar-refractivity contribution in [3.05, 3.63) is 89.1 Å². The summed E-state index contributed by atoms with van der Waals surface area (Å²) in [6.07, 6.45) is 0. The van der Waals surface area contributed by atoms with Crippen LogP contribution in [0.4, 0.5) is 11.4 Å². The Morgan fingerprint density at radius 1 is 0.818 bits per heavy atom. The fourth-order valence-corrected chi connectivity index (χ4v) is 3.93. The van der Waals surface area contributed by atoms with Crippen molar-refractivity contribution >= 4 is 28.8 Å². The molecule has 0 radical (unpaired) electrons. The van der Waals surface area contributed by atoms with Crippen LogP contribution in [0.2, 0.25) is 0 Å². The summed E-state index contributed by atoms with van der Waals surface area (Å²) in [5, 5.41) is 3.17. The van der Waals surface area contributed by atoms with Gasteiger partial charge in [0.05, 0.1) is 25.0 Å². The van der Waals surface area contributed by atoms with Crippen molar-refractivity contribution in [3.63, 3.8) is 0 Å². The molecule has 6 nitrogen and oxygen atoms in total. The molecule has 4 rings (SSSR count). The van der Waals surface area contributed by atoms with Crippen molar-refractivity contribution < 1.29 is 19.1 Å². The molecule has 3 aromatic carbocycles. The highest BCUT2D eigenvalue weighted by Gasteiger charge is 2.40. The minimum absolute atomic E-state index is 0.230. The number of hydrogen-bond acceptors (Lipinski definition) is 5. The van der Waals surface area contributed by atoms with E-state index in [0.717, 1.165) is 11.1 Å². The van der Waals surface area contributed by atoms with Crippen LogP contribution in [0.3, 0.4) is 0 Å². The molecule has 2 amide bonds. The highest BCUT2D eigenvalue weighted by molar-refractivity contribution is 6.46. The van der Waals surface area contributed by atoms with E-state index in [0.29, 0.717) is 40.6 Å². The van der Waals surface area contributed by atoms with E-state index in [1.807, 2.05) is 39.0 Å². The highest BCUT2D eigenvalue weighted by Crippen LogP contribution is 2.35. The van der Waals surface area contributed by atoms with Gasteiger partial charge in [0.2, 0.25) is 0 Å². The van der Waals surface area contributed by atoms with E-state index in [9.17, 15) is 9.59 Å². The van der Waals surface area contributed by atoms with Crippen molar-refractivity contribution in [2.75, 3.05) is 23.9 Å². The number of nitrogens with zero attached hydrogens (tertiary/aromatic N) is 1. The first-order valence-corrected chi connectivity index (χ1v) is 10.8. The summed E-state index contributed by atoms with van der Waals surface area (Å²) < 4.78 is 10.7. The molecule has 0 aliphatic carbocycles. The van der Waals surface area contributed by atoms with Gasteiger partial charge in [-0.3, -0.25) is 9.59 Å². The van der Waals surface area contributed by atoms with E-state index >= 15 is 0 Å². The van der Waals surface area contributed by atoms with Crippen molar-refractivity contribution in [3.8, 4) is 11.5 Å². The summed E-state index contributed by atoms with van der Waals surface area (Å²) in [7, 11) is 1.59. The zero-order valence-electron chi connectivity index (χ0n) is 19.1. The van der Waals surface area contributed by atoms with Gasteiger partial charge in [0, 0.05) is 5.69 Å². The second-order valence-electron chi connectivity index (χ2n) is 7.85. The number of hydrogen-bond donors (Lipinski definition) is 1. The Hall–Kier alpha value is -4.06. The molecule has 1 aliphatic rings. The lowest BCUT2D eigenvalue weighted by molar-refractivity contribution is -0.120. The maximum Gasteiger partial charge on any atom is 0.282 e. The molecule has 168 valence electrons. The van der Waals surface area contributed by atoms with Crippen LogP contribution in [0.25, 0.3) is 5.57 Å². The smallest absolute Gasteiger partial charge is 0.282 e. The van der Waals surface area contributed by atoms with Crippen LogP contribution in [0.5, 0.6) is 11.5 Å². The molecule has 0 spiro atoms. The van der Waals surface area contributed by atoms with E-state index in [4.69, 9.17) is 9.47 Å². The summed E-state index contributed by atoms with van der Waals surface area (Å²) >= 11 is 0. The molecular formula is C27H26N2O4. The summed E-state index contributed by atoms with van der Waals surface area (Å²) in [5.41, 5.74) is 4.37. The zero-order valence-corrected chi connectivity index (χ0v) is 19.1. The van der Waals surface area contributed by atoms with Gasteiger partial charge in [-0.25, -0.2) is 4.90 Å². The fraction of sp³-hybridized carbons (Fsp3) is 0.185. The highest BCUT2D eigenvalue weighted by atomic mass is 16.5. The Morgan fingerprint density at radius 2 is 1.42 bits per heavy atom. The lowest BCUT2D eigenvalue weighted by atomic mass is 10.0. The number of aryl methyl sites for hydroxylation is 2. The number of nitrogens with one attached hydrogen (secondary N) is 1. The third kappa shape index (κ3) is 4.46. The molecule has 0 bridgehead atoms. The van der Waals surface area contributed by atoms with Crippen LogP contribution in [0.15, 0.2) is 72.4 Å². The standard InChI is InChI=1S/C27H26N2O4/c1-5-33-23-10-6-19(7-11-23)24-25(28-20-8-12-22(32-4)13-9-20)27(31)29(26(24)30)21-15-17(2)14-18(3)16-21/h6-16,28H,5H2,1-4H3. The van der Waals surface area contributed by atoms with Crippen LogP contribution in [-0.2, 0) is 9.59 Å². The number of imide groups is 1. The molecule has 1 heterocycles. The quantitative estimate of drug-likeness (QED) is 0.515. The van der Waals surface area contributed by atoms with Gasteiger partial charge in [0.25, 0.3) is 11.8 Å². The van der Waals surface area contributed by atoms with Gasteiger partial charge in [0.1, 0.15) is 17.2 Å². The Balaban J connectivity index is 1.79. The third-order valence-corrected chi connectivity index (χ3v) is 5.36. The lowest BCUT2D eigenvalue weighted by Gasteiger charge is -2.17. The van der Waals surface area contributed by atoms with Gasteiger partial charge < -0.3 is 14.8 Å². The average Bonchev–Trinajstić information content (AvgIpc) is 3.04. The number of rotatable bonds is 7. The first kappa shape index (κ1) is 22.1. The molecule has 33 heavy (non-hydrogen) atoms. The molecule has 0 fully saturated rings. The molecule has 3 aromatic rings. The van der Waals surface area contributed by atoms with Crippen LogP contribution in [0.1, 0.15) is 23.6 Å². The Kier molecular flexibility index (Phi) is 6.18. The summed E-state index contributed by atoms with van der Waals surface area (Å²) in [6, 6.07) is 20.1. The van der Waals surface area contributed by atoms with E-state index in [1.54, 1.807) is 55.6 Å². The second kappa shape index (κ2) is 9.20. The summed E-state index contributed by atoms with van der Waals surface area (Å²) in [6.45, 7) is 6.34. The van der Waals surface area contributed by atoms with Crippen LogP contribution in [-0.4, -0.2) is 25.5 Å². The first-order chi connectivity index (χ1) is 15.9. The number of anilines is 2. The Bertz CT molecular complexity index is 1210. The second-order valence-corrected chi connectivity index (χ2v) is 7.85. The van der Waals surface area contributed by atoms with Gasteiger partial charge in [-0.05, 0) is 86.0 Å². The van der Waals surface area contributed by atoms with Gasteiger partial charge in [-0.1, -0.05) is 18.2 Å². The number of ether oxygens (including phenoxy) is 2. The predicted octanol–water partition coefficient (Wildman–Crippen LogP) is 5.11. The average molecular weight is 443 g/mol. The molecule has 0 saturated heterocycles. The van der Waals surface area contributed by atoms with Crippen molar-refractivity contribution in [1.29, 1.82) is 0 Å². The molecule has 0 atom stereocenters. The summed E-state index contributed by atoms with van der Waals surface area (Å²) in [5.74, 6) is 0.635. The predicted molar refractivity (Wildman–Crippen MR) is 130 cm³/mol. The normalized spacial score (nSPS) is 13.5. The summed E-state index contributed by atoms with van der Waals surface area (Å²) in [4.78, 5) is 28.4. The first-order valence-electron chi connectivity index (χ1n) is 10.8. The molecule has 0 unspecified atom stereocenters. The van der Waals surface area contributed by atoms with E-state index in [-0.39, 0.29) is 11.6 Å². The zero-order chi connectivity index (χ0) is 23.5. The van der Waals surface area contributed by atoms with Gasteiger partial charge >= 0.3 is 0 Å². The van der Waals surface area contributed by atoms with E-state index < -0.39 is 5.91 Å². The minimum atomic E-state index is -0.398. The van der Waals surface area contributed by atoms with E-state index in [1.165, 1.54) is 4.90 Å². The van der Waals surface area contributed by atoms with Gasteiger partial charge in [-0.2, -0.15) is 0 Å². The minimum Gasteiger partial charge on any atom is -0.497 e. The molecular weight excluding hydrogens is 416 g/mol. The topological polar surface area (TPSA) is 67.9 Å².